The summed E-state index contributed by atoms with van der Waals surface area (Å²) in [4.78, 5) is 23.1. The van der Waals surface area contributed by atoms with Crippen molar-refractivity contribution in [2.75, 3.05) is 65.0 Å². The first-order valence-electron chi connectivity index (χ1n) is 17.6. The van der Waals surface area contributed by atoms with Crippen molar-refractivity contribution in [3.8, 4) is 0 Å². The number of methoxy groups -OCH3 is 2. The zero-order valence-electron chi connectivity index (χ0n) is 31.0. The van der Waals surface area contributed by atoms with Gasteiger partial charge in [0.05, 0.1) is 22.1 Å². The molecule has 2 aliphatic rings. The lowest BCUT2D eigenvalue weighted by Gasteiger charge is -2.27. The van der Waals surface area contributed by atoms with Crippen molar-refractivity contribution >= 4 is 39.3 Å². The van der Waals surface area contributed by atoms with Gasteiger partial charge >= 0.3 is 0 Å². The van der Waals surface area contributed by atoms with Crippen molar-refractivity contribution in [1.82, 2.24) is 19.1 Å². The van der Waals surface area contributed by atoms with E-state index in [2.05, 4.69) is 52.6 Å². The summed E-state index contributed by atoms with van der Waals surface area (Å²) in [5.74, 6) is 3.13. The predicted octanol–water partition coefficient (Wildman–Crippen LogP) is 6.71. The number of hydrogen-bond acceptors (Lipinski definition) is 8. The molecule has 0 radical (unpaired) electrons. The van der Waals surface area contributed by atoms with Gasteiger partial charge in [-0.2, -0.15) is 0 Å². The summed E-state index contributed by atoms with van der Waals surface area (Å²) in [5, 5.41) is 3.18. The largest absolute Gasteiger partial charge is 0.388 e. The highest BCUT2D eigenvalue weighted by Crippen LogP contribution is 2.33. The van der Waals surface area contributed by atoms with Gasteiger partial charge in [0.2, 0.25) is 5.91 Å². The van der Waals surface area contributed by atoms with E-state index in [1.807, 2.05) is 33.0 Å². The summed E-state index contributed by atoms with van der Waals surface area (Å²) in [6, 6.07) is 12.4. The Bertz CT molecular complexity index is 1710. The number of hydrogen-bond donors (Lipinski definition) is 1. The van der Waals surface area contributed by atoms with E-state index < -0.39 is 11.2 Å². The van der Waals surface area contributed by atoms with Crippen molar-refractivity contribution in [2.45, 2.75) is 84.6 Å². The summed E-state index contributed by atoms with van der Waals surface area (Å²) < 4.78 is 27.1. The van der Waals surface area contributed by atoms with E-state index in [1.165, 1.54) is 5.52 Å². The van der Waals surface area contributed by atoms with E-state index in [0.29, 0.717) is 11.8 Å². The number of carbonyl (C=O) groups excluding carboxylic acids is 1. The monoisotopic (exact) mass is 676 g/mol. The number of anilines is 2. The second-order valence-electron chi connectivity index (χ2n) is 14.3. The molecule has 4 heterocycles. The Labute approximate surface area is 291 Å². The van der Waals surface area contributed by atoms with Crippen LogP contribution in [0.4, 0.5) is 11.4 Å². The number of amides is 1. The molecule has 0 bridgehead atoms. The minimum absolute atomic E-state index is 0.00318. The van der Waals surface area contributed by atoms with Gasteiger partial charge in [0.25, 0.3) is 0 Å². The maximum Gasteiger partial charge on any atom is 0.223 e. The van der Waals surface area contributed by atoms with Crippen LogP contribution in [0.2, 0.25) is 0 Å². The average Bonchev–Trinajstić information content (AvgIpc) is 3.67. The summed E-state index contributed by atoms with van der Waals surface area (Å²) in [5.41, 5.74) is 5.19. The molecule has 2 aromatic heterocycles. The number of carbonyl (C=O) groups is 1. The van der Waals surface area contributed by atoms with E-state index in [4.69, 9.17) is 28.9 Å². The zero-order chi connectivity index (χ0) is 35.3. The molecular weight excluding hydrogens is 620 g/mol. The van der Waals surface area contributed by atoms with Crippen LogP contribution < -0.4 is 10.2 Å². The molecule has 11 heteroatoms. The van der Waals surface area contributed by atoms with Crippen LogP contribution in [-0.2, 0) is 48.0 Å². The summed E-state index contributed by atoms with van der Waals surface area (Å²) in [7, 11) is 7.17. The molecule has 2 aromatic carbocycles. The molecule has 0 spiro atoms. The number of rotatable bonds is 10. The summed E-state index contributed by atoms with van der Waals surface area (Å²) in [6.07, 6.45) is 4.36. The van der Waals surface area contributed by atoms with Crippen molar-refractivity contribution in [3.63, 3.8) is 0 Å². The van der Waals surface area contributed by atoms with Gasteiger partial charge < -0.3 is 38.3 Å². The lowest BCUT2D eigenvalue weighted by molar-refractivity contribution is -0.116. The van der Waals surface area contributed by atoms with Gasteiger partial charge in [-0.25, -0.2) is 9.97 Å². The Balaban J connectivity index is 0.000000192. The maximum atomic E-state index is 11.7. The van der Waals surface area contributed by atoms with Gasteiger partial charge in [0.15, 0.2) is 0 Å². The Morgan fingerprint density at radius 2 is 1.27 bits per heavy atom. The van der Waals surface area contributed by atoms with Crippen LogP contribution in [0.3, 0.4) is 0 Å². The van der Waals surface area contributed by atoms with Crippen molar-refractivity contribution in [1.29, 1.82) is 0 Å². The van der Waals surface area contributed by atoms with Gasteiger partial charge in [-0.05, 0) is 102 Å². The number of nitrogens with zero attached hydrogens (tertiary/aromatic N) is 5. The molecule has 0 saturated carbocycles. The third kappa shape index (κ3) is 8.28. The van der Waals surface area contributed by atoms with Gasteiger partial charge in [-0.15, -0.1) is 0 Å². The van der Waals surface area contributed by atoms with Crippen LogP contribution >= 0.6 is 0 Å². The second kappa shape index (κ2) is 15.6. The molecule has 268 valence electrons. The number of aromatic nitrogens is 4. The standard InChI is InChI=1S/C20H29N3O3.C18H27N3O2/c1-14(24)22(4)16-6-7-18-17(12-16)21-19(20(2,3)25-5)23(18)13-15-8-10-26-11-9-15;1-18(2,22-4)17-20-15-11-14(19-3)5-6-16(15)21(17)12-13-7-9-23-10-8-13/h6-7,12,15H,8-11,13H2,1-5H3;5-6,11,13,19H,7-10,12H2,1-4H3. The van der Waals surface area contributed by atoms with Crippen LogP contribution in [0, 0.1) is 11.8 Å². The molecule has 49 heavy (non-hydrogen) atoms. The number of ether oxygens (including phenoxy) is 4. The summed E-state index contributed by atoms with van der Waals surface area (Å²) >= 11 is 0. The summed E-state index contributed by atoms with van der Waals surface area (Å²) in [6.45, 7) is 15.1. The quantitative estimate of drug-likeness (QED) is 0.198. The zero-order valence-corrected chi connectivity index (χ0v) is 31.0. The van der Waals surface area contributed by atoms with E-state index in [9.17, 15) is 4.79 Å². The predicted molar refractivity (Wildman–Crippen MR) is 195 cm³/mol. The number of nitrogens with one attached hydrogen (secondary N) is 1. The van der Waals surface area contributed by atoms with Gasteiger partial charge in [0, 0.05) is 86.1 Å². The van der Waals surface area contributed by atoms with E-state index >= 15 is 0 Å². The lowest BCUT2D eigenvalue weighted by Crippen LogP contribution is -2.28. The number of benzene rings is 2. The topological polar surface area (TPSA) is 105 Å². The van der Waals surface area contributed by atoms with Crippen molar-refractivity contribution in [2.24, 2.45) is 11.8 Å². The van der Waals surface area contributed by atoms with Crippen LogP contribution in [0.25, 0.3) is 22.1 Å². The van der Waals surface area contributed by atoms with Crippen LogP contribution in [0.15, 0.2) is 36.4 Å². The Morgan fingerprint density at radius 3 is 1.69 bits per heavy atom. The fourth-order valence-electron chi connectivity index (χ4n) is 6.64. The lowest BCUT2D eigenvalue weighted by atomic mass is 9.99. The SMILES string of the molecule is CNc1ccc2c(c1)nc(C(C)(C)OC)n2CC1CCOCC1.COC(C)(C)c1nc2cc(N(C)C(C)=O)ccc2n1CC1CCOCC1. The molecule has 0 atom stereocenters. The molecule has 6 rings (SSSR count). The highest BCUT2D eigenvalue weighted by Gasteiger charge is 2.30. The molecule has 4 aromatic rings. The molecule has 2 saturated heterocycles. The first-order chi connectivity index (χ1) is 23.4. The Kier molecular flexibility index (Phi) is 11.7. The highest BCUT2D eigenvalue weighted by atomic mass is 16.5. The molecule has 2 aliphatic heterocycles. The first kappa shape index (κ1) is 36.8. The molecule has 1 amide bonds. The van der Waals surface area contributed by atoms with Gasteiger partial charge in [-0.3, -0.25) is 4.79 Å². The molecule has 1 N–H and O–H groups in total. The number of imidazole rings is 2. The third-order valence-electron chi connectivity index (χ3n) is 10.3. The minimum Gasteiger partial charge on any atom is -0.388 e. The van der Waals surface area contributed by atoms with Crippen molar-refractivity contribution in [3.05, 3.63) is 48.0 Å². The highest BCUT2D eigenvalue weighted by molar-refractivity contribution is 5.93. The van der Waals surface area contributed by atoms with Gasteiger partial charge in [-0.1, -0.05) is 0 Å². The van der Waals surface area contributed by atoms with E-state index in [-0.39, 0.29) is 5.91 Å². The Hall–Kier alpha value is -3.51. The molecule has 0 aliphatic carbocycles. The molecule has 2 fully saturated rings. The third-order valence-corrected chi connectivity index (χ3v) is 10.3. The smallest absolute Gasteiger partial charge is 0.223 e. The fourth-order valence-corrected chi connectivity index (χ4v) is 6.64. The first-order valence-corrected chi connectivity index (χ1v) is 17.6. The Morgan fingerprint density at radius 1 is 0.816 bits per heavy atom. The fraction of sp³-hybridized carbons (Fsp3) is 0.605. The molecular formula is C38H56N6O5. The minimum atomic E-state index is -0.489. The molecule has 11 nitrogen and oxygen atoms in total. The normalized spacial score (nSPS) is 16.5. The van der Waals surface area contributed by atoms with Crippen molar-refractivity contribution < 1.29 is 23.7 Å². The number of fused-ring (bicyclic) bond motifs is 2. The second-order valence-corrected chi connectivity index (χ2v) is 14.3. The molecule has 0 unspecified atom stereocenters. The maximum absolute atomic E-state index is 11.7. The van der Waals surface area contributed by atoms with E-state index in [0.717, 1.165) is 105 Å². The van der Waals surface area contributed by atoms with E-state index in [1.54, 1.807) is 33.1 Å². The van der Waals surface area contributed by atoms with Crippen LogP contribution in [0.5, 0.6) is 0 Å². The average molecular weight is 677 g/mol. The van der Waals surface area contributed by atoms with Crippen LogP contribution in [-0.4, -0.2) is 79.8 Å². The van der Waals surface area contributed by atoms with Crippen LogP contribution in [0.1, 0.15) is 72.0 Å². The van der Waals surface area contributed by atoms with Gasteiger partial charge in [0.1, 0.15) is 22.9 Å².